The summed E-state index contributed by atoms with van der Waals surface area (Å²) in [4.78, 5) is 4.35. The Morgan fingerprint density at radius 3 is 1.91 bits per heavy atom. The van der Waals surface area contributed by atoms with E-state index in [0.29, 0.717) is 11.7 Å². The molecule has 2 rings (SSSR count). The average molecular weight is 334 g/mol. The highest BCUT2D eigenvalue weighted by Gasteiger charge is 2.17. The van der Waals surface area contributed by atoms with Gasteiger partial charge in [0.2, 0.25) is 0 Å². The number of benzene rings is 2. The molecular formula is C18H20F2N2S. The quantitative estimate of drug-likeness (QED) is 0.463. The Morgan fingerprint density at radius 2 is 1.48 bits per heavy atom. The number of hydrogen-bond acceptors (Lipinski definition) is 2. The van der Waals surface area contributed by atoms with Crippen molar-refractivity contribution in [3.8, 4) is 0 Å². The fraction of sp³-hybridized carbons (Fsp3) is 0.278. The molecule has 2 aromatic rings. The number of thioether (sulfide) groups is 1. The van der Waals surface area contributed by atoms with E-state index in [4.69, 9.17) is 5.73 Å². The minimum atomic E-state index is -0.291. The Balaban J connectivity index is 2.26. The van der Waals surface area contributed by atoms with Crippen molar-refractivity contribution < 1.29 is 8.78 Å². The highest BCUT2D eigenvalue weighted by atomic mass is 32.2. The molecule has 0 radical (unpaired) electrons. The first kappa shape index (κ1) is 17.5. The molecule has 0 saturated carbocycles. The van der Waals surface area contributed by atoms with Gasteiger partial charge in [-0.25, -0.2) is 8.78 Å². The van der Waals surface area contributed by atoms with Gasteiger partial charge in [0, 0.05) is 6.54 Å². The van der Waals surface area contributed by atoms with Crippen LogP contribution in [-0.2, 0) is 0 Å². The average Bonchev–Trinajstić information content (AvgIpc) is 2.55. The first-order chi connectivity index (χ1) is 11.1. The van der Waals surface area contributed by atoms with Gasteiger partial charge in [-0.05, 0) is 41.8 Å². The van der Waals surface area contributed by atoms with E-state index in [1.807, 2.05) is 0 Å². The monoisotopic (exact) mass is 334 g/mol. The fourth-order valence-corrected chi connectivity index (χ4v) is 3.10. The Hall–Kier alpha value is -1.88. The third kappa shape index (κ3) is 5.36. The fourth-order valence-electron chi connectivity index (χ4n) is 2.11. The van der Waals surface area contributed by atoms with Gasteiger partial charge in [0.25, 0.3) is 0 Å². The van der Waals surface area contributed by atoms with Crippen molar-refractivity contribution in [2.75, 3.05) is 6.54 Å². The number of hydrogen-bond donors (Lipinski definition) is 1. The summed E-state index contributed by atoms with van der Waals surface area (Å²) >= 11 is 1.40. The van der Waals surface area contributed by atoms with Crippen molar-refractivity contribution in [2.24, 2.45) is 10.7 Å². The van der Waals surface area contributed by atoms with Crippen molar-refractivity contribution in [3.63, 3.8) is 0 Å². The molecule has 0 atom stereocenters. The van der Waals surface area contributed by atoms with E-state index in [0.717, 1.165) is 24.0 Å². The molecule has 2 N–H and O–H groups in total. The first-order valence-electron chi connectivity index (χ1n) is 7.57. The lowest BCUT2D eigenvalue weighted by atomic mass is 10.0. The maximum absolute atomic E-state index is 13.2. The zero-order chi connectivity index (χ0) is 16.7. The van der Waals surface area contributed by atoms with Gasteiger partial charge in [0.05, 0.1) is 5.25 Å². The van der Waals surface area contributed by atoms with Crippen LogP contribution in [-0.4, -0.2) is 11.7 Å². The molecule has 0 aliphatic heterocycles. The molecule has 0 aromatic heterocycles. The lowest BCUT2D eigenvalue weighted by Crippen LogP contribution is -2.11. The smallest absolute Gasteiger partial charge is 0.154 e. The van der Waals surface area contributed by atoms with Crippen LogP contribution in [0.5, 0.6) is 0 Å². The van der Waals surface area contributed by atoms with Crippen LogP contribution in [0, 0.1) is 11.6 Å². The van der Waals surface area contributed by atoms with Crippen molar-refractivity contribution in [3.05, 3.63) is 71.3 Å². The van der Waals surface area contributed by atoms with E-state index in [-0.39, 0.29) is 16.9 Å². The van der Waals surface area contributed by atoms with Crippen LogP contribution in [0.3, 0.4) is 0 Å². The molecule has 0 amide bonds. The van der Waals surface area contributed by atoms with Crippen molar-refractivity contribution >= 4 is 16.9 Å². The number of unbranched alkanes of at least 4 members (excludes halogenated alkanes) is 1. The molecule has 0 unspecified atom stereocenters. The number of rotatable bonds is 6. The summed E-state index contributed by atoms with van der Waals surface area (Å²) in [7, 11) is 0. The van der Waals surface area contributed by atoms with Crippen LogP contribution < -0.4 is 5.73 Å². The number of halogens is 2. The third-order valence-corrected chi connectivity index (χ3v) is 4.51. The Labute approximate surface area is 139 Å². The largest absolute Gasteiger partial charge is 0.379 e. The van der Waals surface area contributed by atoms with E-state index in [9.17, 15) is 8.78 Å². The Kier molecular flexibility index (Phi) is 6.59. The van der Waals surface area contributed by atoms with Crippen LogP contribution >= 0.6 is 11.8 Å². The summed E-state index contributed by atoms with van der Waals surface area (Å²) in [6, 6.07) is 12.5. The molecule has 0 heterocycles. The van der Waals surface area contributed by atoms with E-state index in [2.05, 4.69) is 11.9 Å². The molecule has 0 fully saturated rings. The Morgan fingerprint density at radius 1 is 1.00 bits per heavy atom. The second-order valence-corrected chi connectivity index (χ2v) is 6.30. The van der Waals surface area contributed by atoms with Gasteiger partial charge < -0.3 is 5.73 Å². The lowest BCUT2D eigenvalue weighted by molar-refractivity contribution is 0.626. The molecule has 23 heavy (non-hydrogen) atoms. The van der Waals surface area contributed by atoms with Crippen LogP contribution in [0.4, 0.5) is 8.78 Å². The molecule has 122 valence electrons. The lowest BCUT2D eigenvalue weighted by Gasteiger charge is -2.17. The van der Waals surface area contributed by atoms with E-state index in [1.165, 1.54) is 36.0 Å². The van der Waals surface area contributed by atoms with E-state index < -0.39 is 0 Å². The third-order valence-electron chi connectivity index (χ3n) is 3.36. The summed E-state index contributed by atoms with van der Waals surface area (Å²) < 4.78 is 26.3. The van der Waals surface area contributed by atoms with Gasteiger partial charge in [-0.15, -0.1) is 0 Å². The molecule has 0 bridgehead atoms. The van der Waals surface area contributed by atoms with Gasteiger partial charge in [-0.3, -0.25) is 4.99 Å². The molecule has 0 spiro atoms. The maximum Gasteiger partial charge on any atom is 0.154 e. The van der Waals surface area contributed by atoms with Crippen molar-refractivity contribution in [1.82, 2.24) is 0 Å². The normalized spacial score (nSPS) is 11.9. The summed E-state index contributed by atoms with van der Waals surface area (Å²) in [5.74, 6) is -0.581. The Bertz CT molecular complexity index is 594. The van der Waals surface area contributed by atoms with Gasteiger partial charge in [-0.1, -0.05) is 49.4 Å². The van der Waals surface area contributed by atoms with Gasteiger partial charge in [-0.2, -0.15) is 0 Å². The van der Waals surface area contributed by atoms with Crippen LogP contribution in [0.1, 0.15) is 36.1 Å². The number of amidine groups is 1. The molecule has 0 aliphatic rings. The predicted octanol–water partition coefficient (Wildman–Crippen LogP) is 4.90. The molecule has 0 aliphatic carbocycles. The van der Waals surface area contributed by atoms with Crippen molar-refractivity contribution in [2.45, 2.75) is 25.0 Å². The summed E-state index contributed by atoms with van der Waals surface area (Å²) in [6.45, 7) is 2.79. The molecule has 2 aromatic carbocycles. The van der Waals surface area contributed by atoms with E-state index >= 15 is 0 Å². The predicted molar refractivity (Wildman–Crippen MR) is 93.6 cm³/mol. The molecular weight excluding hydrogens is 314 g/mol. The number of nitrogens with two attached hydrogens (primary N) is 1. The first-order valence-corrected chi connectivity index (χ1v) is 8.45. The van der Waals surface area contributed by atoms with Crippen LogP contribution in [0.25, 0.3) is 0 Å². The van der Waals surface area contributed by atoms with Gasteiger partial charge >= 0.3 is 0 Å². The summed E-state index contributed by atoms with van der Waals surface area (Å²) in [5.41, 5.74) is 7.81. The number of nitrogens with zero attached hydrogens (tertiary/aromatic N) is 1. The second-order valence-electron chi connectivity index (χ2n) is 5.17. The molecule has 5 heteroatoms. The summed E-state index contributed by atoms with van der Waals surface area (Å²) in [5, 5.41) is 0.332. The zero-order valence-electron chi connectivity index (χ0n) is 13.0. The van der Waals surface area contributed by atoms with Crippen LogP contribution in [0.2, 0.25) is 0 Å². The number of aliphatic imine (C=N–C) groups is 1. The maximum atomic E-state index is 13.2. The minimum absolute atomic E-state index is 0.151. The topological polar surface area (TPSA) is 38.4 Å². The molecule has 2 nitrogen and oxygen atoms in total. The SMILES string of the molecule is CCCCN=C(N)SC(c1ccc(F)cc1)c1ccc(F)cc1. The van der Waals surface area contributed by atoms with E-state index in [1.54, 1.807) is 24.3 Å². The molecule has 0 saturated heterocycles. The van der Waals surface area contributed by atoms with Crippen LogP contribution in [0.15, 0.2) is 53.5 Å². The standard InChI is InChI=1S/C18H20F2N2S/c1-2-3-12-22-18(21)23-17(13-4-8-15(19)9-5-13)14-6-10-16(20)11-7-14/h4-11,17H,2-3,12H2,1H3,(H2,21,22). The van der Waals surface area contributed by atoms with Gasteiger partial charge in [0.1, 0.15) is 11.6 Å². The van der Waals surface area contributed by atoms with Gasteiger partial charge in [0.15, 0.2) is 5.17 Å². The summed E-state index contributed by atoms with van der Waals surface area (Å²) in [6.07, 6.45) is 2.04. The highest BCUT2D eigenvalue weighted by Crippen LogP contribution is 2.35. The van der Waals surface area contributed by atoms with Crippen molar-refractivity contribution in [1.29, 1.82) is 0 Å². The second kappa shape index (κ2) is 8.67. The minimum Gasteiger partial charge on any atom is -0.379 e. The highest BCUT2D eigenvalue weighted by molar-refractivity contribution is 8.14. The zero-order valence-corrected chi connectivity index (χ0v) is 13.8.